The number of rotatable bonds is 3. The molecule has 0 saturated carbocycles. The first-order chi connectivity index (χ1) is 9.36. The number of hydrogen-bond acceptors (Lipinski definition) is 4. The lowest BCUT2D eigenvalue weighted by Gasteiger charge is -2.12. The molecule has 1 N–H and O–H groups in total. The summed E-state index contributed by atoms with van der Waals surface area (Å²) in [7, 11) is 0. The second-order valence-corrected chi connectivity index (χ2v) is 5.26. The first-order valence-electron chi connectivity index (χ1n) is 6.35. The van der Waals surface area contributed by atoms with Crippen molar-refractivity contribution in [3.05, 3.63) is 36.1 Å². The predicted molar refractivity (Wildman–Crippen MR) is 80.9 cm³/mol. The van der Waals surface area contributed by atoms with E-state index in [1.54, 1.807) is 11.8 Å². The van der Waals surface area contributed by atoms with Gasteiger partial charge in [-0.25, -0.2) is 0 Å². The van der Waals surface area contributed by atoms with Gasteiger partial charge < -0.3 is 4.42 Å². The van der Waals surface area contributed by atoms with Crippen LogP contribution in [0.1, 0.15) is 19.1 Å². The molecule has 0 spiro atoms. The lowest BCUT2D eigenvalue weighted by Crippen LogP contribution is -2.25. The maximum Gasteiger partial charge on any atom is 0.177 e. The average Bonchev–Trinajstić information content (AvgIpc) is 2.89. The van der Waals surface area contributed by atoms with Crippen molar-refractivity contribution in [3.63, 3.8) is 0 Å². The summed E-state index contributed by atoms with van der Waals surface area (Å²) in [4.78, 5) is 4.40. The van der Waals surface area contributed by atoms with E-state index in [1.165, 1.54) is 0 Å². The number of aliphatic imine (C=N–C) groups is 1. The quantitative estimate of drug-likeness (QED) is 0.934. The van der Waals surface area contributed by atoms with Crippen molar-refractivity contribution >= 4 is 33.6 Å². The highest BCUT2D eigenvalue weighted by atomic mass is 32.2. The molecule has 0 amide bonds. The largest absolute Gasteiger partial charge is 0.455 e. The lowest BCUT2D eigenvalue weighted by atomic mass is 10.2. The lowest BCUT2D eigenvalue weighted by molar-refractivity contribution is 0.603. The summed E-state index contributed by atoms with van der Waals surface area (Å²) in [6, 6.07) is 10.0. The van der Waals surface area contributed by atoms with E-state index in [0.29, 0.717) is 0 Å². The van der Waals surface area contributed by atoms with Gasteiger partial charge in [-0.1, -0.05) is 36.9 Å². The van der Waals surface area contributed by atoms with Gasteiger partial charge in [0.25, 0.3) is 0 Å². The molecule has 98 valence electrons. The van der Waals surface area contributed by atoms with Crippen molar-refractivity contribution in [1.29, 1.82) is 0 Å². The standard InChI is InChI=1S/C14H15N3OS/c1-2-7-15-14-17-16-11(9-19-14)13-8-10-5-3-4-6-12(10)18-13/h3-6,8H,2,7,9H2,1H3,(H,15,17). The molecule has 1 aliphatic heterocycles. The highest BCUT2D eigenvalue weighted by Gasteiger charge is 2.16. The third-order valence-corrected chi connectivity index (χ3v) is 3.73. The molecule has 3 rings (SSSR count). The van der Waals surface area contributed by atoms with Crippen molar-refractivity contribution in [1.82, 2.24) is 5.43 Å². The van der Waals surface area contributed by atoms with E-state index in [0.717, 1.165) is 46.3 Å². The van der Waals surface area contributed by atoms with E-state index in [-0.39, 0.29) is 0 Å². The zero-order valence-electron chi connectivity index (χ0n) is 10.7. The highest BCUT2D eigenvalue weighted by molar-refractivity contribution is 8.14. The number of hydrogen-bond donors (Lipinski definition) is 1. The molecule has 0 bridgehead atoms. The molecule has 0 unspecified atom stereocenters. The maximum atomic E-state index is 5.80. The molecule has 0 saturated heterocycles. The Bertz CT molecular complexity index is 612. The topological polar surface area (TPSA) is 49.9 Å². The Morgan fingerprint density at radius 1 is 1.42 bits per heavy atom. The molecule has 0 fully saturated rings. The van der Waals surface area contributed by atoms with E-state index in [4.69, 9.17) is 4.42 Å². The van der Waals surface area contributed by atoms with Crippen LogP contribution >= 0.6 is 11.8 Å². The van der Waals surface area contributed by atoms with Crippen LogP contribution in [0.3, 0.4) is 0 Å². The van der Waals surface area contributed by atoms with Gasteiger partial charge in [0.2, 0.25) is 0 Å². The van der Waals surface area contributed by atoms with Gasteiger partial charge in [-0.15, -0.1) is 0 Å². The molecule has 1 aromatic heterocycles. The number of fused-ring (bicyclic) bond motifs is 1. The minimum atomic E-state index is 0.787. The zero-order valence-corrected chi connectivity index (χ0v) is 11.5. The molecule has 0 aliphatic carbocycles. The van der Waals surface area contributed by atoms with Crippen LogP contribution in [-0.4, -0.2) is 23.2 Å². The van der Waals surface area contributed by atoms with Crippen molar-refractivity contribution in [2.45, 2.75) is 13.3 Å². The van der Waals surface area contributed by atoms with Gasteiger partial charge in [0.05, 0.1) is 0 Å². The smallest absolute Gasteiger partial charge is 0.177 e. The van der Waals surface area contributed by atoms with Crippen LogP contribution in [0, 0.1) is 0 Å². The van der Waals surface area contributed by atoms with E-state index in [9.17, 15) is 0 Å². The van der Waals surface area contributed by atoms with E-state index in [1.807, 2.05) is 30.3 Å². The first-order valence-corrected chi connectivity index (χ1v) is 7.34. The number of furan rings is 1. The Balaban J connectivity index is 1.82. The fraction of sp³-hybridized carbons (Fsp3) is 0.286. The predicted octanol–water partition coefficient (Wildman–Crippen LogP) is 3.24. The minimum Gasteiger partial charge on any atom is -0.455 e. The molecule has 0 atom stereocenters. The second kappa shape index (κ2) is 5.48. The Kier molecular flexibility index (Phi) is 3.55. The molecule has 1 aromatic carbocycles. The number of benzene rings is 1. The highest BCUT2D eigenvalue weighted by Crippen LogP contribution is 2.22. The van der Waals surface area contributed by atoms with Crippen LogP contribution < -0.4 is 5.43 Å². The zero-order chi connectivity index (χ0) is 13.1. The SMILES string of the molecule is CCCN=C1NN=C(c2cc3ccccc3o2)CS1. The second-order valence-electron chi connectivity index (χ2n) is 4.29. The Morgan fingerprint density at radius 3 is 3.05 bits per heavy atom. The van der Waals surface area contributed by atoms with Crippen LogP contribution in [0.2, 0.25) is 0 Å². The Hall–Kier alpha value is -1.75. The summed E-state index contributed by atoms with van der Waals surface area (Å²) in [6.07, 6.45) is 1.05. The van der Waals surface area contributed by atoms with Crippen LogP contribution in [0.5, 0.6) is 0 Å². The first kappa shape index (κ1) is 12.3. The number of nitrogens with one attached hydrogen (secondary N) is 1. The third kappa shape index (κ3) is 2.66. The maximum absolute atomic E-state index is 5.80. The van der Waals surface area contributed by atoms with Crippen LogP contribution in [-0.2, 0) is 0 Å². The fourth-order valence-electron chi connectivity index (χ4n) is 1.86. The fourth-order valence-corrected chi connectivity index (χ4v) is 2.63. The number of hydrazone groups is 1. The molecule has 1 aliphatic rings. The van der Waals surface area contributed by atoms with Crippen LogP contribution in [0.15, 0.2) is 44.8 Å². The summed E-state index contributed by atoms with van der Waals surface area (Å²) in [5.74, 6) is 1.62. The molecule has 2 heterocycles. The molecule has 5 heteroatoms. The van der Waals surface area contributed by atoms with Gasteiger partial charge >= 0.3 is 0 Å². The molecule has 2 aromatic rings. The number of nitrogens with zero attached hydrogens (tertiary/aromatic N) is 2. The Morgan fingerprint density at radius 2 is 2.32 bits per heavy atom. The van der Waals surface area contributed by atoms with Crippen molar-refractivity contribution in [2.24, 2.45) is 10.1 Å². The van der Waals surface area contributed by atoms with Crippen LogP contribution in [0.25, 0.3) is 11.0 Å². The molecular formula is C14H15N3OS. The summed E-state index contributed by atoms with van der Waals surface area (Å²) < 4.78 is 5.80. The van der Waals surface area contributed by atoms with Gasteiger partial charge in [0.15, 0.2) is 10.9 Å². The average molecular weight is 273 g/mol. The normalized spacial score (nSPS) is 17.5. The minimum absolute atomic E-state index is 0.787. The third-order valence-electron chi connectivity index (χ3n) is 2.82. The summed E-state index contributed by atoms with van der Waals surface area (Å²) >= 11 is 1.66. The van der Waals surface area contributed by atoms with Gasteiger partial charge in [-0.2, -0.15) is 5.10 Å². The van der Waals surface area contributed by atoms with Crippen LogP contribution in [0.4, 0.5) is 0 Å². The van der Waals surface area contributed by atoms with Gasteiger partial charge in [-0.3, -0.25) is 10.4 Å². The number of thioether (sulfide) groups is 1. The van der Waals surface area contributed by atoms with Gasteiger partial charge in [0.1, 0.15) is 11.3 Å². The van der Waals surface area contributed by atoms with E-state index < -0.39 is 0 Å². The monoisotopic (exact) mass is 273 g/mol. The number of amidine groups is 1. The summed E-state index contributed by atoms with van der Waals surface area (Å²) in [5.41, 5.74) is 4.81. The molecule has 19 heavy (non-hydrogen) atoms. The Labute approximate surface area is 116 Å². The van der Waals surface area contributed by atoms with Crippen molar-refractivity contribution < 1.29 is 4.42 Å². The van der Waals surface area contributed by atoms with E-state index in [2.05, 4.69) is 22.4 Å². The molecule has 4 nitrogen and oxygen atoms in total. The summed E-state index contributed by atoms with van der Waals surface area (Å²) in [5, 5.41) is 6.35. The van der Waals surface area contributed by atoms with Crippen molar-refractivity contribution in [2.75, 3.05) is 12.3 Å². The number of para-hydroxylation sites is 1. The molecular weight excluding hydrogens is 258 g/mol. The van der Waals surface area contributed by atoms with E-state index >= 15 is 0 Å². The van der Waals surface area contributed by atoms with Crippen molar-refractivity contribution in [3.8, 4) is 0 Å². The van der Waals surface area contributed by atoms with Gasteiger partial charge in [0, 0.05) is 17.7 Å². The van der Waals surface area contributed by atoms with Gasteiger partial charge in [-0.05, 0) is 18.6 Å². The molecule has 0 radical (unpaired) electrons. The summed E-state index contributed by atoms with van der Waals surface area (Å²) in [6.45, 7) is 2.95.